The number of benzene rings is 2. The summed E-state index contributed by atoms with van der Waals surface area (Å²) in [7, 11) is 0. The van der Waals surface area contributed by atoms with Crippen LogP contribution >= 0.6 is 11.3 Å². The van der Waals surface area contributed by atoms with E-state index in [0.717, 1.165) is 32.8 Å². The van der Waals surface area contributed by atoms with Gasteiger partial charge in [-0.15, -0.1) is 11.3 Å². The lowest BCUT2D eigenvalue weighted by Crippen LogP contribution is -2.23. The molecule has 4 rings (SSSR count). The summed E-state index contributed by atoms with van der Waals surface area (Å²) in [5, 5.41) is 2.02. The van der Waals surface area contributed by atoms with Crippen molar-refractivity contribution in [2.45, 2.75) is 13.0 Å². The van der Waals surface area contributed by atoms with Crippen LogP contribution in [0.25, 0.3) is 16.1 Å². The Morgan fingerprint density at radius 2 is 1.59 bits per heavy atom. The number of aromatic nitrogens is 1. The van der Waals surface area contributed by atoms with Crippen LogP contribution in [0.4, 0.5) is 0 Å². The topological polar surface area (TPSA) is 65.2 Å². The molecule has 0 aliphatic carbocycles. The number of nitrogens with zero attached hydrogens (tertiary/aromatic N) is 1. The number of pyridine rings is 1. The van der Waals surface area contributed by atoms with E-state index in [-0.39, 0.29) is 6.61 Å². The third-order valence-corrected chi connectivity index (χ3v) is 6.01. The Balaban J connectivity index is 1.86. The van der Waals surface area contributed by atoms with Crippen molar-refractivity contribution in [1.82, 2.24) is 4.98 Å². The molecule has 0 saturated heterocycles. The molecule has 2 N–H and O–H groups in total. The fourth-order valence-corrected chi connectivity index (χ4v) is 4.31. The molecule has 2 aromatic carbocycles. The molecule has 1 unspecified atom stereocenters. The number of hydrogen-bond acceptors (Lipinski definition) is 5. The Morgan fingerprint density at radius 3 is 2.09 bits per heavy atom. The van der Waals surface area contributed by atoms with Gasteiger partial charge in [0.25, 0.3) is 0 Å². The van der Waals surface area contributed by atoms with Crippen LogP contribution in [0, 0.1) is 0 Å². The summed E-state index contributed by atoms with van der Waals surface area (Å²) in [6.45, 7) is 2.06. The van der Waals surface area contributed by atoms with Gasteiger partial charge in [-0.1, -0.05) is 72.8 Å². The van der Waals surface area contributed by atoms with E-state index in [1.807, 2.05) is 90.3 Å². The van der Waals surface area contributed by atoms with E-state index >= 15 is 0 Å². The van der Waals surface area contributed by atoms with Crippen molar-refractivity contribution in [2.75, 3.05) is 6.61 Å². The Bertz CT molecular complexity index is 1140. The van der Waals surface area contributed by atoms with E-state index in [4.69, 9.17) is 10.5 Å². The van der Waals surface area contributed by atoms with Gasteiger partial charge in [0.15, 0.2) is 0 Å². The Hall–Kier alpha value is -3.54. The van der Waals surface area contributed by atoms with E-state index in [1.165, 1.54) is 0 Å². The molecule has 0 aliphatic rings. The Morgan fingerprint density at radius 1 is 0.938 bits per heavy atom. The van der Waals surface area contributed by atoms with E-state index in [1.54, 1.807) is 24.5 Å². The van der Waals surface area contributed by atoms with Crippen molar-refractivity contribution in [3.63, 3.8) is 0 Å². The van der Waals surface area contributed by atoms with Crippen molar-refractivity contribution in [3.8, 4) is 10.6 Å². The van der Waals surface area contributed by atoms with Crippen LogP contribution in [0.1, 0.15) is 29.7 Å². The molecule has 2 heterocycles. The van der Waals surface area contributed by atoms with Gasteiger partial charge in [-0.05, 0) is 41.1 Å². The number of carbonyl (C=O) groups excluding carboxylic acids is 1. The van der Waals surface area contributed by atoms with E-state index in [0.29, 0.717) is 5.57 Å². The summed E-state index contributed by atoms with van der Waals surface area (Å²) < 4.78 is 5.46. The second-order valence-electron chi connectivity index (χ2n) is 7.17. The molecule has 4 nitrogen and oxygen atoms in total. The van der Waals surface area contributed by atoms with Gasteiger partial charge in [0, 0.05) is 11.8 Å². The predicted molar refractivity (Wildman–Crippen MR) is 130 cm³/mol. The number of ether oxygens (including phenoxy) is 1. The van der Waals surface area contributed by atoms with Gasteiger partial charge in [0.2, 0.25) is 0 Å². The zero-order valence-corrected chi connectivity index (χ0v) is 18.6. The smallest absolute Gasteiger partial charge is 0.336 e. The SMILES string of the molecule is CCOC(=O)C(=C(c1ccccc1)c1ccccc1)C(N)c1ccc(-c2cccs2)nc1. The quantitative estimate of drug-likeness (QED) is 0.288. The van der Waals surface area contributed by atoms with Gasteiger partial charge in [0.1, 0.15) is 0 Å². The van der Waals surface area contributed by atoms with Crippen LogP contribution in [0.2, 0.25) is 0 Å². The van der Waals surface area contributed by atoms with Crippen molar-refractivity contribution < 1.29 is 9.53 Å². The minimum atomic E-state index is -0.700. The van der Waals surface area contributed by atoms with Gasteiger partial charge in [0.05, 0.1) is 28.8 Å². The average molecular weight is 441 g/mol. The molecule has 0 saturated carbocycles. The maximum atomic E-state index is 13.2. The fraction of sp³-hybridized carbons (Fsp3) is 0.111. The first-order valence-corrected chi connectivity index (χ1v) is 11.3. The summed E-state index contributed by atoms with van der Waals surface area (Å²) in [4.78, 5) is 18.9. The number of nitrogens with two attached hydrogens (primary N) is 1. The molecule has 0 fully saturated rings. The molecule has 0 spiro atoms. The number of carbonyl (C=O) groups is 1. The number of esters is 1. The normalized spacial score (nSPS) is 11.6. The largest absolute Gasteiger partial charge is 0.463 e. The van der Waals surface area contributed by atoms with Crippen molar-refractivity contribution in [1.29, 1.82) is 0 Å². The molecule has 0 bridgehead atoms. The molecule has 0 aliphatic heterocycles. The van der Waals surface area contributed by atoms with Crippen LogP contribution < -0.4 is 5.73 Å². The highest BCUT2D eigenvalue weighted by Gasteiger charge is 2.27. The van der Waals surface area contributed by atoms with E-state index in [9.17, 15) is 4.79 Å². The summed E-state index contributed by atoms with van der Waals surface area (Å²) in [6, 6.07) is 26.8. The average Bonchev–Trinajstić information content (AvgIpc) is 3.38. The van der Waals surface area contributed by atoms with Gasteiger partial charge >= 0.3 is 5.97 Å². The number of thiophene rings is 1. The zero-order chi connectivity index (χ0) is 22.3. The maximum absolute atomic E-state index is 13.2. The molecule has 160 valence electrons. The van der Waals surface area contributed by atoms with Gasteiger partial charge in [-0.3, -0.25) is 4.98 Å². The van der Waals surface area contributed by atoms with Crippen LogP contribution in [0.3, 0.4) is 0 Å². The summed E-state index contributed by atoms with van der Waals surface area (Å²) in [6.07, 6.45) is 1.74. The predicted octanol–water partition coefficient (Wildman–Crippen LogP) is 5.88. The molecular formula is C27H24N2O2S. The lowest BCUT2D eigenvalue weighted by atomic mass is 9.87. The van der Waals surface area contributed by atoms with Crippen molar-refractivity contribution >= 4 is 22.9 Å². The molecule has 2 aromatic heterocycles. The lowest BCUT2D eigenvalue weighted by Gasteiger charge is -2.21. The molecule has 0 amide bonds. The number of rotatable bonds is 7. The molecule has 0 radical (unpaired) electrons. The first kappa shape index (κ1) is 21.7. The number of hydrogen-bond donors (Lipinski definition) is 1. The minimum Gasteiger partial charge on any atom is -0.463 e. The molecule has 4 aromatic rings. The highest BCUT2D eigenvalue weighted by atomic mass is 32.1. The van der Waals surface area contributed by atoms with Gasteiger partial charge in [-0.2, -0.15) is 0 Å². The van der Waals surface area contributed by atoms with Crippen LogP contribution in [-0.4, -0.2) is 17.6 Å². The van der Waals surface area contributed by atoms with Crippen LogP contribution in [0.5, 0.6) is 0 Å². The third kappa shape index (κ3) is 4.69. The molecular weight excluding hydrogens is 416 g/mol. The van der Waals surface area contributed by atoms with E-state index in [2.05, 4.69) is 4.98 Å². The minimum absolute atomic E-state index is 0.265. The fourth-order valence-electron chi connectivity index (χ4n) is 3.61. The van der Waals surface area contributed by atoms with Gasteiger partial charge < -0.3 is 10.5 Å². The standard InChI is InChI=1S/C27H24N2O2S/c1-2-31-27(30)25(24(19-10-5-3-6-11-19)20-12-7-4-8-13-20)26(28)21-15-16-22(29-18-21)23-14-9-17-32-23/h3-18,26H,2,28H2,1H3. The highest BCUT2D eigenvalue weighted by Crippen LogP contribution is 2.34. The molecule has 32 heavy (non-hydrogen) atoms. The second kappa shape index (κ2) is 10.2. The Labute approximate surface area is 192 Å². The molecule has 1 atom stereocenters. The van der Waals surface area contributed by atoms with Gasteiger partial charge in [-0.25, -0.2) is 4.79 Å². The van der Waals surface area contributed by atoms with Crippen molar-refractivity contribution in [2.24, 2.45) is 5.73 Å². The van der Waals surface area contributed by atoms with Crippen LogP contribution in [-0.2, 0) is 9.53 Å². The first-order valence-electron chi connectivity index (χ1n) is 10.5. The molecule has 5 heteroatoms. The van der Waals surface area contributed by atoms with Crippen LogP contribution in [0.15, 0.2) is 102 Å². The van der Waals surface area contributed by atoms with Crippen molar-refractivity contribution in [3.05, 3.63) is 119 Å². The summed E-state index contributed by atoms with van der Waals surface area (Å²) in [5.41, 5.74) is 11.3. The summed E-state index contributed by atoms with van der Waals surface area (Å²) >= 11 is 1.63. The third-order valence-electron chi connectivity index (χ3n) is 5.12. The first-order chi connectivity index (χ1) is 15.7. The maximum Gasteiger partial charge on any atom is 0.336 e. The second-order valence-corrected chi connectivity index (χ2v) is 8.12. The highest BCUT2D eigenvalue weighted by molar-refractivity contribution is 7.13. The lowest BCUT2D eigenvalue weighted by molar-refractivity contribution is -0.138. The monoisotopic (exact) mass is 440 g/mol. The summed E-state index contributed by atoms with van der Waals surface area (Å²) in [5.74, 6) is -0.426. The van der Waals surface area contributed by atoms with E-state index < -0.39 is 12.0 Å². The Kier molecular flexibility index (Phi) is 6.90. The zero-order valence-electron chi connectivity index (χ0n) is 17.8.